The molecular formula is C8H10Br2. The van der Waals surface area contributed by atoms with E-state index < -0.39 is 0 Å². The fraction of sp³-hybridized carbons (Fsp3) is 0.500. The summed E-state index contributed by atoms with van der Waals surface area (Å²) in [6, 6.07) is 0. The first-order chi connectivity index (χ1) is 4.66. The molecule has 0 N–H and O–H groups in total. The van der Waals surface area contributed by atoms with Crippen molar-refractivity contribution in [2.45, 2.75) is 24.1 Å². The molecule has 0 aromatic rings. The van der Waals surface area contributed by atoms with Gasteiger partial charge in [0.05, 0.1) is 0 Å². The Labute approximate surface area is 78.6 Å². The van der Waals surface area contributed by atoms with Crippen LogP contribution in [0.5, 0.6) is 0 Å². The number of hydrogen-bond donors (Lipinski definition) is 0. The molecule has 1 unspecified atom stereocenters. The van der Waals surface area contributed by atoms with Gasteiger partial charge in [-0.05, 0) is 12.8 Å². The van der Waals surface area contributed by atoms with E-state index in [0.29, 0.717) is 0 Å². The Hall–Kier alpha value is 0.440. The van der Waals surface area contributed by atoms with E-state index in [2.05, 4.69) is 57.0 Å². The molecule has 0 bridgehead atoms. The van der Waals surface area contributed by atoms with Crippen molar-refractivity contribution in [1.29, 1.82) is 0 Å². The Morgan fingerprint density at radius 1 is 1.70 bits per heavy atom. The van der Waals surface area contributed by atoms with Crippen LogP contribution in [-0.4, -0.2) is 4.32 Å². The van der Waals surface area contributed by atoms with Crippen molar-refractivity contribution in [2.24, 2.45) is 0 Å². The van der Waals surface area contributed by atoms with Gasteiger partial charge in [-0.1, -0.05) is 57.0 Å². The van der Waals surface area contributed by atoms with Crippen LogP contribution in [-0.2, 0) is 0 Å². The lowest BCUT2D eigenvalue weighted by Gasteiger charge is -2.22. The highest BCUT2D eigenvalue weighted by atomic mass is 79.9. The fourth-order valence-electron chi connectivity index (χ4n) is 0.894. The van der Waals surface area contributed by atoms with Crippen LogP contribution in [0.1, 0.15) is 19.8 Å². The summed E-state index contributed by atoms with van der Waals surface area (Å²) in [6.07, 6.45) is 8.72. The van der Waals surface area contributed by atoms with Gasteiger partial charge in [0, 0.05) is 8.81 Å². The van der Waals surface area contributed by atoms with Gasteiger partial charge >= 0.3 is 0 Å². The van der Waals surface area contributed by atoms with E-state index in [1.807, 2.05) is 0 Å². The van der Waals surface area contributed by atoms with Crippen molar-refractivity contribution < 1.29 is 0 Å². The zero-order valence-electron chi connectivity index (χ0n) is 5.90. The summed E-state index contributed by atoms with van der Waals surface area (Å²) in [5.74, 6) is 0. The van der Waals surface area contributed by atoms with Crippen LogP contribution in [0, 0.1) is 0 Å². The minimum Gasteiger partial charge on any atom is -0.0804 e. The average Bonchev–Trinajstić information content (AvgIpc) is 1.96. The Bertz CT molecular complexity index is 182. The minimum absolute atomic E-state index is 0.226. The first-order valence-electron chi connectivity index (χ1n) is 3.40. The summed E-state index contributed by atoms with van der Waals surface area (Å²) in [6.45, 7) is 2.19. The predicted octanol–water partition coefficient (Wildman–Crippen LogP) is 3.77. The molecule has 1 aliphatic rings. The number of allylic oxidation sites excluding steroid dienone is 4. The van der Waals surface area contributed by atoms with Crippen molar-refractivity contribution >= 4 is 31.9 Å². The topological polar surface area (TPSA) is 0 Å². The van der Waals surface area contributed by atoms with E-state index in [-0.39, 0.29) is 4.32 Å². The highest BCUT2D eigenvalue weighted by Gasteiger charge is 2.21. The van der Waals surface area contributed by atoms with E-state index in [9.17, 15) is 0 Å². The molecule has 0 spiro atoms. The highest BCUT2D eigenvalue weighted by Crippen LogP contribution is 2.33. The Kier molecular flexibility index (Phi) is 2.75. The summed E-state index contributed by atoms with van der Waals surface area (Å²) >= 11 is 7.09. The summed E-state index contributed by atoms with van der Waals surface area (Å²) < 4.78 is 1.42. The zero-order chi connectivity index (χ0) is 7.61. The van der Waals surface area contributed by atoms with Crippen LogP contribution >= 0.6 is 31.9 Å². The maximum absolute atomic E-state index is 3.67. The second kappa shape index (κ2) is 3.22. The second-order valence-electron chi connectivity index (χ2n) is 2.51. The molecule has 1 atom stereocenters. The molecule has 0 heterocycles. The standard InChI is InChI=1S/C8H10Br2/c1-2-8(10)5-3-7(9)4-6-8/h3-5H,2,6H2,1H3. The van der Waals surface area contributed by atoms with Crippen LogP contribution in [0.25, 0.3) is 0 Å². The van der Waals surface area contributed by atoms with Crippen molar-refractivity contribution in [3.8, 4) is 0 Å². The van der Waals surface area contributed by atoms with E-state index in [1.165, 1.54) is 4.48 Å². The van der Waals surface area contributed by atoms with E-state index >= 15 is 0 Å². The summed E-state index contributed by atoms with van der Waals surface area (Å²) in [7, 11) is 0. The summed E-state index contributed by atoms with van der Waals surface area (Å²) in [5.41, 5.74) is 0. The van der Waals surface area contributed by atoms with Gasteiger partial charge in [0.25, 0.3) is 0 Å². The van der Waals surface area contributed by atoms with Gasteiger partial charge in [-0.3, -0.25) is 0 Å². The molecule has 1 rings (SSSR count). The Balaban J connectivity index is 2.67. The van der Waals surface area contributed by atoms with Gasteiger partial charge in [-0.15, -0.1) is 0 Å². The molecule has 0 amide bonds. The highest BCUT2D eigenvalue weighted by molar-refractivity contribution is 9.12. The Morgan fingerprint density at radius 3 is 2.80 bits per heavy atom. The lowest BCUT2D eigenvalue weighted by molar-refractivity contribution is 0.702. The first-order valence-corrected chi connectivity index (χ1v) is 4.99. The maximum Gasteiger partial charge on any atom is 0.0472 e. The monoisotopic (exact) mass is 264 g/mol. The van der Waals surface area contributed by atoms with Gasteiger partial charge in [0.1, 0.15) is 0 Å². The Morgan fingerprint density at radius 2 is 2.40 bits per heavy atom. The third-order valence-electron chi connectivity index (χ3n) is 1.77. The molecule has 0 nitrogen and oxygen atoms in total. The summed E-state index contributed by atoms with van der Waals surface area (Å²) in [4.78, 5) is 0. The van der Waals surface area contributed by atoms with Crippen LogP contribution in [0.4, 0.5) is 0 Å². The van der Waals surface area contributed by atoms with Crippen LogP contribution in [0.3, 0.4) is 0 Å². The largest absolute Gasteiger partial charge is 0.0804 e. The van der Waals surface area contributed by atoms with Crippen molar-refractivity contribution in [2.75, 3.05) is 0 Å². The van der Waals surface area contributed by atoms with Crippen LogP contribution < -0.4 is 0 Å². The molecule has 0 saturated heterocycles. The third-order valence-corrected chi connectivity index (χ3v) is 3.50. The molecular weight excluding hydrogens is 256 g/mol. The third kappa shape index (κ3) is 1.96. The molecule has 1 aliphatic carbocycles. The average molecular weight is 266 g/mol. The SMILES string of the molecule is CCC1(Br)C=CC(Br)=CC1. The number of rotatable bonds is 1. The lowest BCUT2D eigenvalue weighted by Crippen LogP contribution is -2.16. The minimum atomic E-state index is 0.226. The normalized spacial score (nSPS) is 32.1. The molecule has 0 saturated carbocycles. The predicted molar refractivity (Wildman–Crippen MR) is 52.7 cm³/mol. The van der Waals surface area contributed by atoms with Gasteiger partial charge in [-0.25, -0.2) is 0 Å². The molecule has 0 aromatic heterocycles. The second-order valence-corrected chi connectivity index (χ2v) is 5.01. The fourth-order valence-corrected chi connectivity index (χ4v) is 1.48. The molecule has 2 heteroatoms. The van der Waals surface area contributed by atoms with Gasteiger partial charge in [0.2, 0.25) is 0 Å². The molecule has 0 fully saturated rings. The molecule has 0 radical (unpaired) electrons. The van der Waals surface area contributed by atoms with Gasteiger partial charge in [0.15, 0.2) is 0 Å². The maximum atomic E-state index is 3.67. The molecule has 10 heavy (non-hydrogen) atoms. The number of alkyl halides is 1. The quantitative estimate of drug-likeness (QED) is 0.634. The number of hydrogen-bond acceptors (Lipinski definition) is 0. The number of halogens is 2. The van der Waals surface area contributed by atoms with E-state index in [1.54, 1.807) is 0 Å². The van der Waals surface area contributed by atoms with Crippen molar-refractivity contribution in [3.63, 3.8) is 0 Å². The van der Waals surface area contributed by atoms with E-state index in [4.69, 9.17) is 0 Å². The molecule has 56 valence electrons. The van der Waals surface area contributed by atoms with Crippen molar-refractivity contribution in [3.05, 3.63) is 22.7 Å². The van der Waals surface area contributed by atoms with Gasteiger partial charge < -0.3 is 0 Å². The molecule has 0 aromatic carbocycles. The van der Waals surface area contributed by atoms with Crippen LogP contribution in [0.15, 0.2) is 22.7 Å². The summed E-state index contributed by atoms with van der Waals surface area (Å²) in [5, 5.41) is 0. The van der Waals surface area contributed by atoms with E-state index in [0.717, 1.165) is 12.8 Å². The van der Waals surface area contributed by atoms with Crippen LogP contribution in [0.2, 0.25) is 0 Å². The first kappa shape index (κ1) is 8.54. The lowest BCUT2D eigenvalue weighted by atomic mass is 9.98. The zero-order valence-corrected chi connectivity index (χ0v) is 9.07. The molecule has 0 aliphatic heterocycles. The van der Waals surface area contributed by atoms with Gasteiger partial charge in [-0.2, -0.15) is 0 Å². The smallest absolute Gasteiger partial charge is 0.0472 e. The van der Waals surface area contributed by atoms with Crippen molar-refractivity contribution in [1.82, 2.24) is 0 Å².